The summed E-state index contributed by atoms with van der Waals surface area (Å²) in [6, 6.07) is 4.40. The number of ether oxygens (including phenoxy) is 1. The SMILES string of the molecule is CC[C@H](CO)c1cc2c(cc1OC)CCC2. The predicted octanol–water partition coefficient (Wildman–Crippen LogP) is 2.67. The van der Waals surface area contributed by atoms with Crippen molar-refractivity contribution in [3.8, 4) is 5.75 Å². The summed E-state index contributed by atoms with van der Waals surface area (Å²) < 4.78 is 5.44. The molecule has 88 valence electrons. The highest BCUT2D eigenvalue weighted by Gasteiger charge is 2.19. The molecule has 0 heterocycles. The molecule has 0 saturated heterocycles. The molecule has 1 aromatic rings. The van der Waals surface area contributed by atoms with Crippen LogP contribution in [0.5, 0.6) is 5.75 Å². The summed E-state index contributed by atoms with van der Waals surface area (Å²) in [5.74, 6) is 1.16. The third kappa shape index (κ3) is 1.94. The Bertz CT molecular complexity index is 367. The summed E-state index contributed by atoms with van der Waals surface area (Å²) in [4.78, 5) is 0. The quantitative estimate of drug-likeness (QED) is 0.845. The largest absolute Gasteiger partial charge is 0.496 e. The topological polar surface area (TPSA) is 29.5 Å². The Labute approximate surface area is 97.3 Å². The predicted molar refractivity (Wildman–Crippen MR) is 65.1 cm³/mol. The average Bonchev–Trinajstić information content (AvgIpc) is 2.76. The first-order chi connectivity index (χ1) is 7.80. The summed E-state index contributed by atoms with van der Waals surface area (Å²) in [6.45, 7) is 2.30. The maximum atomic E-state index is 9.39. The van der Waals surface area contributed by atoms with Crippen LogP contribution in [0.2, 0.25) is 0 Å². The van der Waals surface area contributed by atoms with Gasteiger partial charge in [-0.05, 0) is 48.4 Å². The Morgan fingerprint density at radius 2 is 2.00 bits per heavy atom. The lowest BCUT2D eigenvalue weighted by atomic mass is 9.93. The lowest BCUT2D eigenvalue weighted by molar-refractivity contribution is 0.259. The van der Waals surface area contributed by atoms with Crippen molar-refractivity contribution in [3.63, 3.8) is 0 Å². The highest BCUT2D eigenvalue weighted by molar-refractivity contribution is 5.46. The number of aliphatic hydroxyl groups excluding tert-OH is 1. The molecule has 16 heavy (non-hydrogen) atoms. The van der Waals surface area contributed by atoms with Crippen LogP contribution in [0.4, 0.5) is 0 Å². The van der Waals surface area contributed by atoms with E-state index in [0.29, 0.717) is 0 Å². The van der Waals surface area contributed by atoms with Crippen molar-refractivity contribution < 1.29 is 9.84 Å². The number of hydrogen-bond acceptors (Lipinski definition) is 2. The zero-order valence-corrected chi connectivity index (χ0v) is 10.1. The number of aliphatic hydroxyl groups is 1. The van der Waals surface area contributed by atoms with E-state index in [1.54, 1.807) is 7.11 Å². The van der Waals surface area contributed by atoms with Crippen molar-refractivity contribution in [1.29, 1.82) is 0 Å². The van der Waals surface area contributed by atoms with Gasteiger partial charge in [0.2, 0.25) is 0 Å². The van der Waals surface area contributed by atoms with E-state index in [1.807, 2.05) is 0 Å². The van der Waals surface area contributed by atoms with Gasteiger partial charge in [-0.3, -0.25) is 0 Å². The van der Waals surface area contributed by atoms with Gasteiger partial charge < -0.3 is 9.84 Å². The van der Waals surface area contributed by atoms with Gasteiger partial charge in [0, 0.05) is 5.92 Å². The zero-order valence-electron chi connectivity index (χ0n) is 10.1. The van der Waals surface area contributed by atoms with Gasteiger partial charge in [-0.2, -0.15) is 0 Å². The Balaban J connectivity index is 2.42. The molecule has 0 saturated carbocycles. The summed E-state index contributed by atoms with van der Waals surface area (Å²) in [6.07, 6.45) is 4.54. The van der Waals surface area contributed by atoms with E-state index in [0.717, 1.165) is 12.2 Å². The van der Waals surface area contributed by atoms with Crippen LogP contribution in [0.1, 0.15) is 42.4 Å². The fourth-order valence-corrected chi connectivity index (χ4v) is 2.56. The molecule has 0 unspecified atom stereocenters. The molecule has 0 radical (unpaired) electrons. The fourth-order valence-electron chi connectivity index (χ4n) is 2.56. The minimum atomic E-state index is 0.200. The lowest BCUT2D eigenvalue weighted by Crippen LogP contribution is -2.06. The number of aryl methyl sites for hydroxylation is 2. The molecule has 0 aliphatic heterocycles. The number of hydrogen-bond donors (Lipinski definition) is 1. The number of methoxy groups -OCH3 is 1. The van der Waals surface area contributed by atoms with Crippen molar-refractivity contribution >= 4 is 0 Å². The van der Waals surface area contributed by atoms with Gasteiger partial charge in [0.25, 0.3) is 0 Å². The molecule has 2 heteroatoms. The molecule has 0 aromatic heterocycles. The minimum Gasteiger partial charge on any atom is -0.496 e. The standard InChI is InChI=1S/C14H20O2/c1-3-10(9-15)13-7-11-5-4-6-12(11)8-14(13)16-2/h7-8,10,15H,3-6,9H2,1-2H3/t10-/m1/s1. The van der Waals surface area contributed by atoms with Gasteiger partial charge in [0.15, 0.2) is 0 Å². The first-order valence-electron chi connectivity index (χ1n) is 6.10. The maximum absolute atomic E-state index is 9.39. The van der Waals surface area contributed by atoms with Crippen molar-refractivity contribution in [2.24, 2.45) is 0 Å². The first-order valence-corrected chi connectivity index (χ1v) is 6.10. The number of benzene rings is 1. The Morgan fingerprint density at radius 3 is 2.56 bits per heavy atom. The highest BCUT2D eigenvalue weighted by Crippen LogP contribution is 2.35. The molecule has 1 N–H and O–H groups in total. The molecule has 0 bridgehead atoms. The van der Waals surface area contributed by atoms with E-state index in [1.165, 1.54) is 36.0 Å². The average molecular weight is 220 g/mol. The van der Waals surface area contributed by atoms with Gasteiger partial charge in [-0.25, -0.2) is 0 Å². The van der Waals surface area contributed by atoms with Crippen LogP contribution in [-0.4, -0.2) is 18.8 Å². The molecule has 1 aliphatic carbocycles. The van der Waals surface area contributed by atoms with Gasteiger partial charge in [-0.15, -0.1) is 0 Å². The van der Waals surface area contributed by atoms with Crippen LogP contribution < -0.4 is 4.74 Å². The highest BCUT2D eigenvalue weighted by atomic mass is 16.5. The normalized spacial score (nSPS) is 15.9. The molecule has 1 aliphatic rings. The zero-order chi connectivity index (χ0) is 11.5. The molecule has 1 atom stereocenters. The number of rotatable bonds is 4. The second kappa shape index (κ2) is 4.88. The number of fused-ring (bicyclic) bond motifs is 1. The summed E-state index contributed by atoms with van der Waals surface area (Å²) in [7, 11) is 1.71. The van der Waals surface area contributed by atoms with E-state index in [-0.39, 0.29) is 12.5 Å². The van der Waals surface area contributed by atoms with Crippen molar-refractivity contribution in [1.82, 2.24) is 0 Å². The Kier molecular flexibility index (Phi) is 3.49. The van der Waals surface area contributed by atoms with Crippen molar-refractivity contribution in [2.75, 3.05) is 13.7 Å². The molecule has 0 spiro atoms. The molecule has 2 rings (SSSR count). The minimum absolute atomic E-state index is 0.200. The summed E-state index contributed by atoms with van der Waals surface area (Å²) >= 11 is 0. The fraction of sp³-hybridized carbons (Fsp3) is 0.571. The first kappa shape index (κ1) is 11.5. The third-order valence-corrected chi connectivity index (χ3v) is 3.60. The van der Waals surface area contributed by atoms with Crippen LogP contribution in [0.3, 0.4) is 0 Å². The van der Waals surface area contributed by atoms with Gasteiger partial charge in [0.05, 0.1) is 13.7 Å². The smallest absolute Gasteiger partial charge is 0.122 e. The molecule has 2 nitrogen and oxygen atoms in total. The van der Waals surface area contributed by atoms with E-state index >= 15 is 0 Å². The van der Waals surface area contributed by atoms with Gasteiger partial charge in [0.1, 0.15) is 5.75 Å². The second-order valence-electron chi connectivity index (χ2n) is 4.50. The van der Waals surface area contributed by atoms with E-state index in [2.05, 4.69) is 19.1 Å². The van der Waals surface area contributed by atoms with Crippen LogP contribution in [0.25, 0.3) is 0 Å². The Morgan fingerprint density at radius 1 is 1.31 bits per heavy atom. The molecule has 1 aromatic carbocycles. The molecule has 0 amide bonds. The van der Waals surface area contributed by atoms with Crippen LogP contribution in [-0.2, 0) is 12.8 Å². The van der Waals surface area contributed by atoms with Gasteiger partial charge in [-0.1, -0.05) is 13.0 Å². The van der Waals surface area contributed by atoms with E-state index in [9.17, 15) is 5.11 Å². The van der Waals surface area contributed by atoms with Gasteiger partial charge >= 0.3 is 0 Å². The Hall–Kier alpha value is -1.02. The van der Waals surface area contributed by atoms with Crippen molar-refractivity contribution in [2.45, 2.75) is 38.5 Å². The maximum Gasteiger partial charge on any atom is 0.122 e. The molecule has 0 fully saturated rings. The lowest BCUT2D eigenvalue weighted by Gasteiger charge is -2.17. The van der Waals surface area contributed by atoms with Crippen LogP contribution in [0.15, 0.2) is 12.1 Å². The van der Waals surface area contributed by atoms with Crippen LogP contribution in [0, 0.1) is 0 Å². The summed E-state index contributed by atoms with van der Waals surface area (Å²) in [5.41, 5.74) is 4.05. The van der Waals surface area contributed by atoms with Crippen LogP contribution >= 0.6 is 0 Å². The second-order valence-corrected chi connectivity index (χ2v) is 4.50. The van der Waals surface area contributed by atoms with E-state index in [4.69, 9.17) is 4.74 Å². The molecular weight excluding hydrogens is 200 g/mol. The molecular formula is C14H20O2. The summed E-state index contributed by atoms with van der Waals surface area (Å²) in [5, 5.41) is 9.39. The van der Waals surface area contributed by atoms with Crippen molar-refractivity contribution in [3.05, 3.63) is 28.8 Å². The third-order valence-electron chi connectivity index (χ3n) is 3.60. The van der Waals surface area contributed by atoms with E-state index < -0.39 is 0 Å². The monoisotopic (exact) mass is 220 g/mol.